The van der Waals surface area contributed by atoms with Crippen molar-refractivity contribution in [2.45, 2.75) is 31.4 Å². The monoisotopic (exact) mass is 181 g/mol. The van der Waals surface area contributed by atoms with Crippen LogP contribution in [-0.4, -0.2) is 21.0 Å². The van der Waals surface area contributed by atoms with Gasteiger partial charge in [-0.3, -0.25) is 4.68 Å². The predicted octanol–water partition coefficient (Wildman–Crippen LogP) is 0.0372. The number of aliphatic hydroxyl groups is 1. The zero-order chi connectivity index (χ0) is 9.64. The van der Waals surface area contributed by atoms with Crippen molar-refractivity contribution in [1.82, 2.24) is 9.78 Å². The molecule has 1 aliphatic carbocycles. The minimum atomic E-state index is -0.336. The Labute approximate surface area is 77.4 Å². The molecule has 0 aliphatic heterocycles. The molecule has 1 saturated carbocycles. The van der Waals surface area contributed by atoms with Gasteiger partial charge < -0.3 is 10.8 Å². The van der Waals surface area contributed by atoms with Crippen molar-refractivity contribution in [2.75, 3.05) is 0 Å². The van der Waals surface area contributed by atoms with Crippen molar-refractivity contribution < 1.29 is 5.11 Å². The SMILES string of the molecule is Cc1c(C2(N)CC(O)C2)cnn1C. The first-order chi connectivity index (χ1) is 6.03. The molecule has 1 aromatic heterocycles. The van der Waals surface area contributed by atoms with Crippen molar-refractivity contribution in [3.05, 3.63) is 17.5 Å². The van der Waals surface area contributed by atoms with Gasteiger partial charge in [-0.2, -0.15) is 5.10 Å². The molecule has 1 aromatic rings. The maximum atomic E-state index is 9.24. The first kappa shape index (κ1) is 8.72. The van der Waals surface area contributed by atoms with Gasteiger partial charge in [-0.15, -0.1) is 0 Å². The largest absolute Gasteiger partial charge is 0.393 e. The van der Waals surface area contributed by atoms with Crippen LogP contribution in [-0.2, 0) is 12.6 Å². The first-order valence-electron chi connectivity index (χ1n) is 4.49. The van der Waals surface area contributed by atoms with Crippen molar-refractivity contribution in [2.24, 2.45) is 12.8 Å². The van der Waals surface area contributed by atoms with Crippen LogP contribution < -0.4 is 5.73 Å². The van der Waals surface area contributed by atoms with Gasteiger partial charge in [0.15, 0.2) is 0 Å². The van der Waals surface area contributed by atoms with Crippen LogP contribution >= 0.6 is 0 Å². The lowest BCUT2D eigenvalue weighted by Gasteiger charge is -2.42. The average molecular weight is 181 g/mol. The van der Waals surface area contributed by atoms with Gasteiger partial charge in [-0.05, 0) is 19.8 Å². The number of nitrogens with two attached hydrogens (primary N) is 1. The van der Waals surface area contributed by atoms with Crippen LogP contribution in [0.4, 0.5) is 0 Å². The van der Waals surface area contributed by atoms with Crippen molar-refractivity contribution >= 4 is 0 Å². The average Bonchev–Trinajstić information content (AvgIpc) is 2.30. The Hall–Kier alpha value is -0.870. The fraction of sp³-hybridized carbons (Fsp3) is 0.667. The van der Waals surface area contributed by atoms with E-state index in [2.05, 4.69) is 5.10 Å². The standard InChI is InChI=1S/C9H15N3O/c1-6-8(5-11-12(6)2)9(10)3-7(13)4-9/h5,7,13H,3-4,10H2,1-2H3. The van der Waals surface area contributed by atoms with Gasteiger partial charge in [0.1, 0.15) is 0 Å². The van der Waals surface area contributed by atoms with Crippen LogP contribution in [0.15, 0.2) is 6.20 Å². The molecule has 4 heteroatoms. The number of aryl methyl sites for hydroxylation is 1. The normalized spacial score (nSPS) is 33.1. The lowest BCUT2D eigenvalue weighted by Crippen LogP contribution is -2.51. The van der Waals surface area contributed by atoms with Gasteiger partial charge in [0.25, 0.3) is 0 Å². The minimum absolute atomic E-state index is 0.232. The Morgan fingerprint density at radius 1 is 1.69 bits per heavy atom. The molecule has 0 amide bonds. The summed E-state index contributed by atoms with van der Waals surface area (Å²) in [6.45, 7) is 2.00. The van der Waals surface area contributed by atoms with E-state index in [9.17, 15) is 5.11 Å². The molecule has 0 saturated heterocycles. The molecule has 0 radical (unpaired) electrons. The smallest absolute Gasteiger partial charge is 0.0582 e. The Morgan fingerprint density at radius 3 is 2.69 bits per heavy atom. The molecule has 0 spiro atoms. The van der Waals surface area contributed by atoms with Crippen LogP contribution in [0, 0.1) is 6.92 Å². The summed E-state index contributed by atoms with van der Waals surface area (Å²) in [5.41, 5.74) is 7.94. The fourth-order valence-electron chi connectivity index (χ4n) is 1.99. The second-order valence-electron chi connectivity index (χ2n) is 3.99. The second kappa shape index (κ2) is 2.56. The molecule has 0 atom stereocenters. The summed E-state index contributed by atoms with van der Waals surface area (Å²) in [5, 5.41) is 13.4. The topological polar surface area (TPSA) is 64.1 Å². The van der Waals surface area contributed by atoms with Crippen LogP contribution in [0.25, 0.3) is 0 Å². The fourth-order valence-corrected chi connectivity index (χ4v) is 1.99. The maximum Gasteiger partial charge on any atom is 0.0582 e. The highest BCUT2D eigenvalue weighted by atomic mass is 16.3. The molecule has 0 aromatic carbocycles. The summed E-state index contributed by atoms with van der Waals surface area (Å²) < 4.78 is 1.81. The Kier molecular flexibility index (Phi) is 1.72. The van der Waals surface area contributed by atoms with Gasteiger partial charge in [0, 0.05) is 23.8 Å². The third-order valence-corrected chi connectivity index (χ3v) is 2.97. The maximum absolute atomic E-state index is 9.24. The van der Waals surface area contributed by atoms with Gasteiger partial charge in [0.2, 0.25) is 0 Å². The molecular weight excluding hydrogens is 166 g/mol. The van der Waals surface area contributed by atoms with E-state index in [1.807, 2.05) is 18.7 Å². The van der Waals surface area contributed by atoms with Crippen LogP contribution in [0.5, 0.6) is 0 Å². The van der Waals surface area contributed by atoms with E-state index >= 15 is 0 Å². The lowest BCUT2D eigenvalue weighted by molar-refractivity contribution is 0.0206. The van der Waals surface area contributed by atoms with E-state index in [1.54, 1.807) is 6.20 Å². The highest BCUT2D eigenvalue weighted by Gasteiger charge is 2.43. The second-order valence-corrected chi connectivity index (χ2v) is 3.99. The molecule has 1 fully saturated rings. The molecule has 72 valence electrons. The van der Waals surface area contributed by atoms with Crippen LogP contribution in [0.3, 0.4) is 0 Å². The van der Waals surface area contributed by atoms with E-state index in [1.165, 1.54) is 0 Å². The number of rotatable bonds is 1. The summed E-state index contributed by atoms with van der Waals surface area (Å²) in [7, 11) is 1.90. The van der Waals surface area contributed by atoms with Gasteiger partial charge >= 0.3 is 0 Å². The van der Waals surface area contributed by atoms with Gasteiger partial charge in [0.05, 0.1) is 12.3 Å². The molecule has 13 heavy (non-hydrogen) atoms. The summed E-state index contributed by atoms with van der Waals surface area (Å²) >= 11 is 0. The highest BCUT2D eigenvalue weighted by molar-refractivity contribution is 5.29. The first-order valence-corrected chi connectivity index (χ1v) is 4.49. The minimum Gasteiger partial charge on any atom is -0.393 e. The van der Waals surface area contributed by atoms with E-state index < -0.39 is 0 Å². The zero-order valence-electron chi connectivity index (χ0n) is 7.99. The molecule has 2 rings (SSSR count). The molecule has 1 aliphatic rings. The molecule has 3 N–H and O–H groups in total. The molecule has 0 bridgehead atoms. The van der Waals surface area contributed by atoms with Gasteiger partial charge in [-0.1, -0.05) is 0 Å². The number of hydrogen-bond donors (Lipinski definition) is 2. The Bertz CT molecular complexity index is 326. The van der Waals surface area contributed by atoms with Crippen LogP contribution in [0.2, 0.25) is 0 Å². The number of aliphatic hydroxyl groups excluding tert-OH is 1. The Balaban J connectivity index is 2.31. The summed E-state index contributed by atoms with van der Waals surface area (Å²) in [6, 6.07) is 0. The van der Waals surface area contributed by atoms with E-state index in [0.717, 1.165) is 11.3 Å². The third-order valence-electron chi connectivity index (χ3n) is 2.97. The number of hydrogen-bond acceptors (Lipinski definition) is 3. The third kappa shape index (κ3) is 1.17. The van der Waals surface area contributed by atoms with Crippen LogP contribution in [0.1, 0.15) is 24.1 Å². The van der Waals surface area contributed by atoms with E-state index in [-0.39, 0.29) is 11.6 Å². The number of aromatic nitrogens is 2. The quantitative estimate of drug-likeness (QED) is 0.643. The predicted molar refractivity (Wildman–Crippen MR) is 49.1 cm³/mol. The number of nitrogens with zero attached hydrogens (tertiary/aromatic N) is 2. The van der Waals surface area contributed by atoms with Crippen molar-refractivity contribution in [1.29, 1.82) is 0 Å². The molecule has 4 nitrogen and oxygen atoms in total. The molecule has 0 unspecified atom stereocenters. The highest BCUT2D eigenvalue weighted by Crippen LogP contribution is 2.39. The lowest BCUT2D eigenvalue weighted by atomic mass is 9.71. The van der Waals surface area contributed by atoms with E-state index in [0.29, 0.717) is 12.8 Å². The molecular formula is C9H15N3O. The summed E-state index contributed by atoms with van der Waals surface area (Å²) in [6.07, 6.45) is 2.88. The van der Waals surface area contributed by atoms with E-state index in [4.69, 9.17) is 5.73 Å². The summed E-state index contributed by atoms with van der Waals surface area (Å²) in [4.78, 5) is 0. The Morgan fingerprint density at radius 2 is 2.31 bits per heavy atom. The van der Waals surface area contributed by atoms with Crippen molar-refractivity contribution in [3.8, 4) is 0 Å². The zero-order valence-corrected chi connectivity index (χ0v) is 7.99. The van der Waals surface area contributed by atoms with Gasteiger partial charge in [-0.25, -0.2) is 0 Å². The molecule has 1 heterocycles. The van der Waals surface area contributed by atoms with Crippen molar-refractivity contribution in [3.63, 3.8) is 0 Å². The summed E-state index contributed by atoms with van der Waals surface area (Å²) in [5.74, 6) is 0.